The van der Waals surface area contributed by atoms with Crippen LogP contribution in [0.25, 0.3) is 0 Å². The van der Waals surface area contributed by atoms with Gasteiger partial charge in [-0.15, -0.1) is 0 Å². The summed E-state index contributed by atoms with van der Waals surface area (Å²) in [7, 11) is 2.08. The summed E-state index contributed by atoms with van der Waals surface area (Å²) in [4.78, 5) is 30.3. The van der Waals surface area contributed by atoms with Gasteiger partial charge in [-0.2, -0.15) is 0 Å². The summed E-state index contributed by atoms with van der Waals surface area (Å²) in [6.45, 7) is 2.12. The first-order valence-electron chi connectivity index (χ1n) is 11.2. The molecule has 0 spiro atoms. The number of aromatic nitrogens is 1. The Kier molecular flexibility index (Phi) is 7.84. The Labute approximate surface area is 208 Å². The number of carboxylic acids is 1. The molecule has 2 N–H and O–H groups in total. The van der Waals surface area contributed by atoms with Crippen molar-refractivity contribution in [3.8, 4) is 11.5 Å². The van der Waals surface area contributed by atoms with Gasteiger partial charge in [-0.05, 0) is 50.2 Å². The Hall–Kier alpha value is -3.62. The third-order valence-electron chi connectivity index (χ3n) is 5.71. The summed E-state index contributed by atoms with van der Waals surface area (Å²) in [6, 6.07) is 15.3. The molecule has 0 unspecified atom stereocenters. The molecule has 1 aromatic heterocycles. The highest BCUT2D eigenvalue weighted by Gasteiger charge is 2.20. The third-order valence-corrected chi connectivity index (χ3v) is 6.08. The van der Waals surface area contributed by atoms with Gasteiger partial charge in [0.15, 0.2) is 0 Å². The van der Waals surface area contributed by atoms with Gasteiger partial charge in [-0.1, -0.05) is 29.8 Å². The molecule has 0 atom stereocenters. The van der Waals surface area contributed by atoms with Crippen LogP contribution in [0, 0.1) is 0 Å². The number of hydrogen-bond acceptors (Lipinski definition) is 6. The summed E-state index contributed by atoms with van der Waals surface area (Å²) < 4.78 is 12.2. The van der Waals surface area contributed by atoms with Gasteiger partial charge in [0.05, 0.1) is 5.56 Å². The number of ether oxygens (including phenoxy) is 2. The van der Waals surface area contributed by atoms with Crippen LogP contribution < -0.4 is 14.8 Å². The first kappa shape index (κ1) is 24.5. The van der Waals surface area contributed by atoms with Gasteiger partial charge in [0, 0.05) is 41.5 Å². The minimum atomic E-state index is -1.09. The average molecular weight is 496 g/mol. The molecule has 8 nitrogen and oxygen atoms in total. The molecule has 1 aliphatic heterocycles. The average Bonchev–Trinajstić information content (AvgIpc) is 2.85. The smallest absolute Gasteiger partial charge is 0.337 e. The van der Waals surface area contributed by atoms with E-state index in [0.717, 1.165) is 31.5 Å². The molecule has 1 amide bonds. The molecule has 0 radical (unpaired) electrons. The molecular formula is C26H26ClN3O5. The van der Waals surface area contributed by atoms with E-state index in [1.54, 1.807) is 24.3 Å². The number of nitrogens with zero attached hydrogens (tertiary/aromatic N) is 2. The number of halogens is 1. The summed E-state index contributed by atoms with van der Waals surface area (Å²) in [5.74, 6) is -0.267. The quantitative estimate of drug-likeness (QED) is 0.465. The number of rotatable bonds is 8. The highest BCUT2D eigenvalue weighted by atomic mass is 35.5. The summed E-state index contributed by atoms with van der Waals surface area (Å²) >= 11 is 6.25. The second-order valence-electron chi connectivity index (χ2n) is 8.39. The van der Waals surface area contributed by atoms with E-state index in [0.29, 0.717) is 22.1 Å². The Bertz CT molecular complexity index is 1190. The minimum absolute atomic E-state index is 0.0341. The summed E-state index contributed by atoms with van der Waals surface area (Å²) in [6.07, 6.45) is 3.02. The minimum Gasteiger partial charge on any atom is -0.490 e. The number of aromatic carboxylic acids is 1. The van der Waals surface area contributed by atoms with Crippen LogP contribution in [0.3, 0.4) is 0 Å². The predicted molar refractivity (Wildman–Crippen MR) is 133 cm³/mol. The SMILES string of the molecule is CN1CCC(Oc2cc(OCc3ccccc3Cl)cc(C(=O)Nc3ccc(C(=O)O)cn3)c2)CC1. The fraction of sp³-hybridized carbons (Fsp3) is 0.269. The van der Waals surface area contributed by atoms with Crippen LogP contribution in [0.5, 0.6) is 11.5 Å². The van der Waals surface area contributed by atoms with Gasteiger partial charge in [-0.3, -0.25) is 4.79 Å². The second-order valence-corrected chi connectivity index (χ2v) is 8.79. The van der Waals surface area contributed by atoms with E-state index in [9.17, 15) is 9.59 Å². The lowest BCUT2D eigenvalue weighted by atomic mass is 10.1. The molecule has 1 fully saturated rings. The number of carboxylic acid groups (broad SMARTS) is 1. The molecule has 0 bridgehead atoms. The number of nitrogens with one attached hydrogen (secondary N) is 1. The van der Waals surface area contributed by atoms with E-state index in [1.165, 1.54) is 18.3 Å². The van der Waals surface area contributed by atoms with E-state index in [-0.39, 0.29) is 24.1 Å². The highest BCUT2D eigenvalue weighted by Crippen LogP contribution is 2.28. The first-order valence-corrected chi connectivity index (χ1v) is 11.6. The standard InChI is InChI=1S/C26H26ClN3O5/c1-30-10-8-20(9-11-30)35-22-13-19(25(31)29-24-7-6-17(15-28-24)26(32)33)12-21(14-22)34-16-18-4-2-3-5-23(18)27/h2-7,12-15,20H,8-11,16H2,1H3,(H,32,33)(H,28,29,31). The number of benzene rings is 2. The van der Waals surface area contributed by atoms with Gasteiger partial charge in [0.1, 0.15) is 30.0 Å². The maximum Gasteiger partial charge on any atom is 0.337 e. The van der Waals surface area contributed by atoms with Crippen molar-refractivity contribution in [2.24, 2.45) is 0 Å². The van der Waals surface area contributed by atoms with E-state index >= 15 is 0 Å². The van der Waals surface area contributed by atoms with E-state index in [2.05, 4.69) is 22.2 Å². The fourth-order valence-electron chi connectivity index (χ4n) is 3.71. The summed E-state index contributed by atoms with van der Waals surface area (Å²) in [5, 5.41) is 12.3. The van der Waals surface area contributed by atoms with Gasteiger partial charge >= 0.3 is 5.97 Å². The lowest BCUT2D eigenvalue weighted by Gasteiger charge is -2.29. The van der Waals surface area contributed by atoms with Crippen LogP contribution in [-0.2, 0) is 6.61 Å². The van der Waals surface area contributed by atoms with Gasteiger partial charge in [0.2, 0.25) is 0 Å². The Morgan fingerprint density at radius 1 is 1.09 bits per heavy atom. The first-order chi connectivity index (χ1) is 16.9. The summed E-state index contributed by atoms with van der Waals surface area (Å²) in [5.41, 5.74) is 1.19. The van der Waals surface area contributed by atoms with Crippen molar-refractivity contribution >= 4 is 29.3 Å². The van der Waals surface area contributed by atoms with Crippen molar-refractivity contribution in [1.29, 1.82) is 0 Å². The zero-order valence-corrected chi connectivity index (χ0v) is 20.0. The van der Waals surface area contributed by atoms with Gasteiger partial charge in [0.25, 0.3) is 5.91 Å². The van der Waals surface area contributed by atoms with Crippen LogP contribution in [0.4, 0.5) is 5.82 Å². The van der Waals surface area contributed by atoms with Crippen LogP contribution >= 0.6 is 11.6 Å². The van der Waals surface area contributed by atoms with E-state index in [1.807, 2.05) is 18.2 Å². The normalized spacial score (nSPS) is 14.3. The molecule has 2 heterocycles. The molecule has 0 saturated carbocycles. The molecule has 35 heavy (non-hydrogen) atoms. The number of carbonyl (C=O) groups is 2. The number of likely N-dealkylation sites (tertiary alicyclic amines) is 1. The zero-order chi connectivity index (χ0) is 24.8. The molecular weight excluding hydrogens is 470 g/mol. The number of anilines is 1. The van der Waals surface area contributed by atoms with Gasteiger partial charge < -0.3 is 24.8 Å². The number of piperidine rings is 1. The number of carbonyl (C=O) groups excluding carboxylic acids is 1. The lowest BCUT2D eigenvalue weighted by molar-refractivity contribution is 0.0696. The van der Waals surface area contributed by atoms with Gasteiger partial charge in [-0.25, -0.2) is 9.78 Å². The zero-order valence-electron chi connectivity index (χ0n) is 19.2. The molecule has 2 aromatic carbocycles. The van der Waals surface area contributed by atoms with E-state index in [4.69, 9.17) is 26.2 Å². The Morgan fingerprint density at radius 3 is 2.51 bits per heavy atom. The maximum absolute atomic E-state index is 13.0. The molecule has 3 aromatic rings. The number of hydrogen-bond donors (Lipinski definition) is 2. The largest absolute Gasteiger partial charge is 0.490 e. The Balaban J connectivity index is 1.53. The predicted octanol–water partition coefficient (Wildman–Crippen LogP) is 4.74. The second kappa shape index (κ2) is 11.2. The fourth-order valence-corrected chi connectivity index (χ4v) is 3.90. The van der Waals surface area contributed by atoms with Crippen LogP contribution in [0.1, 0.15) is 39.1 Å². The van der Waals surface area contributed by atoms with Crippen molar-refractivity contribution in [1.82, 2.24) is 9.88 Å². The molecule has 4 rings (SSSR count). The monoisotopic (exact) mass is 495 g/mol. The Morgan fingerprint density at radius 2 is 1.83 bits per heavy atom. The van der Waals surface area contributed by atoms with Crippen LogP contribution in [0.2, 0.25) is 5.02 Å². The molecule has 1 saturated heterocycles. The van der Waals surface area contributed by atoms with Crippen LogP contribution in [-0.4, -0.2) is 53.1 Å². The number of pyridine rings is 1. The van der Waals surface area contributed by atoms with E-state index < -0.39 is 11.9 Å². The van der Waals surface area contributed by atoms with Crippen molar-refractivity contribution < 1.29 is 24.2 Å². The molecule has 1 aliphatic rings. The highest BCUT2D eigenvalue weighted by molar-refractivity contribution is 6.31. The number of amides is 1. The van der Waals surface area contributed by atoms with Crippen molar-refractivity contribution in [3.05, 3.63) is 82.5 Å². The van der Waals surface area contributed by atoms with Crippen molar-refractivity contribution in [2.45, 2.75) is 25.6 Å². The topological polar surface area (TPSA) is 101 Å². The van der Waals surface area contributed by atoms with Crippen LogP contribution in [0.15, 0.2) is 60.8 Å². The molecule has 0 aliphatic carbocycles. The maximum atomic E-state index is 13.0. The third kappa shape index (κ3) is 6.71. The van der Waals surface area contributed by atoms with Crippen molar-refractivity contribution in [2.75, 3.05) is 25.5 Å². The molecule has 182 valence electrons. The lowest BCUT2D eigenvalue weighted by Crippen LogP contribution is -2.35. The van der Waals surface area contributed by atoms with Crippen molar-refractivity contribution in [3.63, 3.8) is 0 Å². The molecule has 9 heteroatoms.